The van der Waals surface area contributed by atoms with Gasteiger partial charge in [0.2, 0.25) is 0 Å². The van der Waals surface area contributed by atoms with Gasteiger partial charge < -0.3 is 9.88 Å². The molecule has 0 aliphatic heterocycles. The summed E-state index contributed by atoms with van der Waals surface area (Å²) in [6, 6.07) is 15.7. The lowest BCUT2D eigenvalue weighted by Gasteiger charge is -2.13. The Morgan fingerprint density at radius 2 is 2.00 bits per heavy atom. The number of aromatic nitrogens is 4. The van der Waals surface area contributed by atoms with Crippen LogP contribution in [0, 0.1) is 5.82 Å². The Hall–Kier alpha value is -3.26. The molecule has 2 aromatic heterocycles. The van der Waals surface area contributed by atoms with Crippen molar-refractivity contribution >= 4 is 34.3 Å². The Bertz CT molecular complexity index is 1190. The van der Waals surface area contributed by atoms with E-state index in [0.29, 0.717) is 5.52 Å². The van der Waals surface area contributed by atoms with E-state index in [1.165, 1.54) is 17.8 Å². The molecule has 1 N–H and O–H groups in total. The monoisotopic (exact) mass is 407 g/mol. The van der Waals surface area contributed by atoms with Gasteiger partial charge in [-0.15, -0.1) is 10.2 Å². The van der Waals surface area contributed by atoms with Crippen LogP contribution in [-0.4, -0.2) is 25.7 Å². The van der Waals surface area contributed by atoms with Gasteiger partial charge in [0.05, 0.1) is 11.2 Å². The highest BCUT2D eigenvalue weighted by atomic mass is 32.2. The number of pyridine rings is 1. The van der Waals surface area contributed by atoms with Crippen molar-refractivity contribution in [2.45, 2.75) is 17.3 Å². The number of amides is 1. The van der Waals surface area contributed by atoms with E-state index >= 15 is 0 Å². The van der Waals surface area contributed by atoms with Gasteiger partial charge in [0.25, 0.3) is 5.91 Å². The number of fused-ring (bicyclic) bond motifs is 1. The molecule has 2 heterocycles. The summed E-state index contributed by atoms with van der Waals surface area (Å²) in [4.78, 5) is 17.0. The summed E-state index contributed by atoms with van der Waals surface area (Å²) in [5.41, 5.74) is 1.92. The number of para-hydroxylation sites is 1. The summed E-state index contributed by atoms with van der Waals surface area (Å²) in [5.74, 6) is -0.959. The topological polar surface area (TPSA) is 72.7 Å². The van der Waals surface area contributed by atoms with Crippen LogP contribution in [0.2, 0.25) is 0 Å². The second kappa shape index (κ2) is 8.00. The number of thioether (sulfide) groups is 1. The highest BCUT2D eigenvalue weighted by Crippen LogP contribution is 2.34. The van der Waals surface area contributed by atoms with Crippen LogP contribution < -0.4 is 5.32 Å². The van der Waals surface area contributed by atoms with Gasteiger partial charge in [-0.25, -0.2) is 9.37 Å². The molecule has 0 saturated carbocycles. The second-order valence-electron chi connectivity index (χ2n) is 6.57. The summed E-state index contributed by atoms with van der Waals surface area (Å²) >= 11 is 1.50. The SMILES string of the molecule is CC(Sc1nncn1C)c1ccc(F)c(NC(=O)c2ccc3ccccc3n2)c1. The number of benzene rings is 2. The third-order valence-corrected chi connectivity index (χ3v) is 5.70. The van der Waals surface area contributed by atoms with Crippen LogP contribution in [0.1, 0.15) is 28.2 Å². The molecular weight excluding hydrogens is 389 g/mol. The molecule has 0 aliphatic rings. The molecule has 0 fully saturated rings. The fourth-order valence-corrected chi connectivity index (χ4v) is 3.78. The third-order valence-electron chi connectivity index (χ3n) is 4.49. The lowest BCUT2D eigenvalue weighted by Crippen LogP contribution is -2.15. The van der Waals surface area contributed by atoms with Crippen molar-refractivity contribution in [2.24, 2.45) is 7.05 Å². The highest BCUT2D eigenvalue weighted by molar-refractivity contribution is 7.99. The molecule has 1 atom stereocenters. The van der Waals surface area contributed by atoms with E-state index in [0.717, 1.165) is 16.1 Å². The standard InChI is InChI=1S/C21H18FN5OS/c1-13(29-21-26-23-12-27(21)2)15-7-9-16(22)19(11-15)25-20(28)18-10-8-14-5-3-4-6-17(14)24-18/h3-13H,1-2H3,(H,25,28). The molecule has 6 nitrogen and oxygen atoms in total. The predicted molar refractivity (Wildman–Crippen MR) is 111 cm³/mol. The molecule has 1 unspecified atom stereocenters. The highest BCUT2D eigenvalue weighted by Gasteiger charge is 2.16. The van der Waals surface area contributed by atoms with Crippen molar-refractivity contribution in [3.05, 3.63) is 78.0 Å². The molecule has 146 valence electrons. The van der Waals surface area contributed by atoms with Crippen LogP contribution in [-0.2, 0) is 7.05 Å². The van der Waals surface area contributed by atoms with E-state index in [4.69, 9.17) is 0 Å². The number of halogens is 1. The minimum atomic E-state index is -0.501. The van der Waals surface area contributed by atoms with Gasteiger partial charge in [0.1, 0.15) is 17.8 Å². The molecule has 29 heavy (non-hydrogen) atoms. The van der Waals surface area contributed by atoms with Gasteiger partial charge in [0.15, 0.2) is 5.16 Å². The molecule has 4 rings (SSSR count). The van der Waals surface area contributed by atoms with Crippen LogP contribution in [0.4, 0.5) is 10.1 Å². The zero-order valence-electron chi connectivity index (χ0n) is 15.8. The van der Waals surface area contributed by atoms with Crippen molar-refractivity contribution < 1.29 is 9.18 Å². The van der Waals surface area contributed by atoms with Crippen LogP contribution in [0.15, 0.2) is 66.1 Å². The first-order valence-corrected chi connectivity index (χ1v) is 9.86. The van der Waals surface area contributed by atoms with Crippen molar-refractivity contribution in [3.63, 3.8) is 0 Å². The first kappa shape index (κ1) is 19.1. The third kappa shape index (κ3) is 4.12. The van der Waals surface area contributed by atoms with Crippen LogP contribution in [0.3, 0.4) is 0 Å². The summed E-state index contributed by atoms with van der Waals surface area (Å²) in [6.45, 7) is 1.99. The second-order valence-corrected chi connectivity index (χ2v) is 7.88. The lowest BCUT2D eigenvalue weighted by molar-refractivity contribution is 0.102. The number of nitrogens with one attached hydrogen (secondary N) is 1. The summed E-state index contributed by atoms with van der Waals surface area (Å²) in [5, 5.41) is 12.2. The Morgan fingerprint density at radius 1 is 1.17 bits per heavy atom. The Balaban J connectivity index is 1.55. The van der Waals surface area contributed by atoms with Crippen molar-refractivity contribution in [1.82, 2.24) is 19.7 Å². The lowest BCUT2D eigenvalue weighted by atomic mass is 10.1. The average molecular weight is 407 g/mol. The molecule has 2 aromatic carbocycles. The Morgan fingerprint density at radius 3 is 2.79 bits per heavy atom. The number of carbonyl (C=O) groups excluding carboxylic acids is 1. The van der Waals surface area contributed by atoms with Gasteiger partial charge in [0, 0.05) is 17.7 Å². The number of hydrogen-bond acceptors (Lipinski definition) is 5. The number of rotatable bonds is 5. The van der Waals surface area contributed by atoms with Crippen molar-refractivity contribution in [1.29, 1.82) is 0 Å². The van der Waals surface area contributed by atoms with Crippen molar-refractivity contribution in [2.75, 3.05) is 5.32 Å². The quantitative estimate of drug-likeness (QED) is 0.489. The first-order chi connectivity index (χ1) is 14.0. The molecule has 0 aliphatic carbocycles. The van der Waals surface area contributed by atoms with Gasteiger partial charge in [-0.1, -0.05) is 42.1 Å². The Kier molecular flexibility index (Phi) is 5.26. The van der Waals surface area contributed by atoms with Gasteiger partial charge in [-0.05, 0) is 36.8 Å². The molecule has 0 bridgehead atoms. The predicted octanol–water partition coefficient (Wildman–Crippen LogP) is 4.61. The van der Waals surface area contributed by atoms with E-state index in [1.807, 2.05) is 48.9 Å². The zero-order valence-corrected chi connectivity index (χ0v) is 16.7. The molecule has 0 spiro atoms. The number of aryl methyl sites for hydroxylation is 1. The molecule has 4 aromatic rings. The summed E-state index contributed by atoms with van der Waals surface area (Å²) < 4.78 is 16.2. The van der Waals surface area contributed by atoms with Gasteiger partial charge >= 0.3 is 0 Å². The van der Waals surface area contributed by atoms with E-state index in [1.54, 1.807) is 24.5 Å². The van der Waals surface area contributed by atoms with Gasteiger partial charge in [-0.2, -0.15) is 0 Å². The molecule has 0 radical (unpaired) electrons. The minimum absolute atomic E-state index is 0.00653. The Labute approximate surface area is 171 Å². The molecular formula is C21H18FN5OS. The van der Waals surface area contributed by atoms with Gasteiger partial charge in [-0.3, -0.25) is 4.79 Å². The average Bonchev–Trinajstić information content (AvgIpc) is 3.13. The molecule has 1 amide bonds. The summed E-state index contributed by atoms with van der Waals surface area (Å²) in [7, 11) is 1.86. The minimum Gasteiger partial charge on any atom is -0.318 e. The van der Waals surface area contributed by atoms with E-state index in [2.05, 4.69) is 20.5 Å². The number of nitrogens with zero attached hydrogens (tertiary/aromatic N) is 4. The van der Waals surface area contributed by atoms with Crippen molar-refractivity contribution in [3.8, 4) is 0 Å². The van der Waals surface area contributed by atoms with Crippen LogP contribution in [0.5, 0.6) is 0 Å². The normalized spacial score (nSPS) is 12.1. The van der Waals surface area contributed by atoms with Crippen LogP contribution in [0.25, 0.3) is 10.9 Å². The molecule has 8 heteroatoms. The largest absolute Gasteiger partial charge is 0.318 e. The number of hydrogen-bond donors (Lipinski definition) is 1. The summed E-state index contributed by atoms with van der Waals surface area (Å²) in [6.07, 6.45) is 1.63. The van der Waals surface area contributed by atoms with E-state index < -0.39 is 11.7 Å². The number of carbonyl (C=O) groups is 1. The maximum atomic E-state index is 14.3. The van der Waals surface area contributed by atoms with Crippen LogP contribution >= 0.6 is 11.8 Å². The fraction of sp³-hybridized carbons (Fsp3) is 0.143. The first-order valence-electron chi connectivity index (χ1n) is 8.98. The van der Waals surface area contributed by atoms with E-state index in [9.17, 15) is 9.18 Å². The smallest absolute Gasteiger partial charge is 0.274 e. The maximum Gasteiger partial charge on any atom is 0.274 e. The zero-order chi connectivity index (χ0) is 20.4. The molecule has 0 saturated heterocycles. The number of anilines is 1. The van der Waals surface area contributed by atoms with E-state index in [-0.39, 0.29) is 16.6 Å². The maximum absolute atomic E-state index is 14.3. The fourth-order valence-electron chi connectivity index (χ4n) is 2.88.